The average molecular weight is 287 g/mol. The first-order chi connectivity index (χ1) is 8.33. The molecule has 4 heteroatoms. The molecule has 0 fully saturated rings. The molecular weight excluding hydrogens is 256 g/mol. The zero-order valence-corrected chi connectivity index (χ0v) is 15.1. The van der Waals surface area contributed by atoms with Crippen molar-refractivity contribution in [2.45, 2.75) is 71.4 Å². The summed E-state index contributed by atoms with van der Waals surface area (Å²) in [5, 5.41) is 0. The molecule has 0 atom stereocenters. The highest BCUT2D eigenvalue weighted by atomic mass is 28.4. The van der Waals surface area contributed by atoms with Crippen molar-refractivity contribution in [2.75, 3.05) is 6.61 Å². The second kappa shape index (κ2) is 8.79. The summed E-state index contributed by atoms with van der Waals surface area (Å²) in [6.45, 7) is 14.2. The molecule has 0 bridgehead atoms. The van der Waals surface area contributed by atoms with Gasteiger partial charge in [-0.05, 0) is 44.7 Å². The molecule has 0 heterocycles. The highest BCUT2D eigenvalue weighted by Crippen LogP contribution is 2.24. The summed E-state index contributed by atoms with van der Waals surface area (Å²) in [4.78, 5) is 0. The van der Waals surface area contributed by atoms with Crippen molar-refractivity contribution in [1.82, 2.24) is 0 Å². The van der Waals surface area contributed by atoms with E-state index in [2.05, 4.69) is 45.1 Å². The van der Waals surface area contributed by atoms with Gasteiger partial charge in [-0.3, -0.25) is 0 Å². The topological polar surface area (TPSA) is 18.5 Å². The van der Waals surface area contributed by atoms with Crippen LogP contribution in [-0.2, 0) is 8.85 Å². The molecule has 18 heavy (non-hydrogen) atoms. The van der Waals surface area contributed by atoms with Crippen LogP contribution in [0.25, 0.3) is 0 Å². The van der Waals surface area contributed by atoms with Gasteiger partial charge in [0.2, 0.25) is 0 Å². The largest absolute Gasteiger partial charge is 0.455 e. The van der Waals surface area contributed by atoms with Crippen molar-refractivity contribution in [3.63, 3.8) is 0 Å². The Bertz CT molecular complexity index is 277. The van der Waals surface area contributed by atoms with Gasteiger partial charge in [0.15, 0.2) is 16.6 Å². The van der Waals surface area contributed by atoms with E-state index >= 15 is 0 Å². The van der Waals surface area contributed by atoms with E-state index in [9.17, 15) is 0 Å². The van der Waals surface area contributed by atoms with E-state index in [1.165, 1.54) is 24.9 Å². The maximum atomic E-state index is 6.52. The van der Waals surface area contributed by atoms with Crippen LogP contribution >= 0.6 is 0 Å². The molecule has 0 aromatic carbocycles. The number of rotatable bonds is 9. The second-order valence-electron chi connectivity index (χ2n) is 6.03. The van der Waals surface area contributed by atoms with Gasteiger partial charge in [0, 0.05) is 6.92 Å². The van der Waals surface area contributed by atoms with Crippen LogP contribution in [0.15, 0.2) is 0 Å². The Labute approximate surface area is 116 Å². The third-order valence-electron chi connectivity index (χ3n) is 2.88. The van der Waals surface area contributed by atoms with E-state index < -0.39 is 16.6 Å². The Kier molecular flexibility index (Phi) is 8.67. The predicted molar refractivity (Wildman–Crippen MR) is 84.6 cm³/mol. The molecule has 0 radical (unpaired) electrons. The fourth-order valence-electron chi connectivity index (χ4n) is 2.15. The van der Waals surface area contributed by atoms with Crippen molar-refractivity contribution in [2.24, 2.45) is 0 Å². The van der Waals surface area contributed by atoms with E-state index in [1.807, 2.05) is 0 Å². The number of unbranched alkanes of at least 4 members (excludes halogenated alkanes) is 1. The van der Waals surface area contributed by atoms with Gasteiger partial charge < -0.3 is 8.85 Å². The normalized spacial score (nSPS) is 11.9. The Morgan fingerprint density at radius 3 is 2.00 bits per heavy atom. The van der Waals surface area contributed by atoms with Crippen LogP contribution in [0.2, 0.25) is 38.3 Å². The molecule has 0 amide bonds. The molecule has 0 unspecified atom stereocenters. The van der Waals surface area contributed by atoms with Gasteiger partial charge in [-0.1, -0.05) is 25.7 Å². The third-order valence-corrected chi connectivity index (χ3v) is 10.4. The summed E-state index contributed by atoms with van der Waals surface area (Å²) in [7, 11) is -2.96. The third kappa shape index (κ3) is 9.75. The smallest absolute Gasteiger partial charge is 0.173 e. The van der Waals surface area contributed by atoms with Gasteiger partial charge >= 0.3 is 0 Å². The standard InChI is InChI=1S/C14H30O2Si2/c1-7-9-13-17(3,4)16-18(5,6)14-10-12-15-11-8-2/h7,9-10,12-14H2,1-6H3. The Hall–Kier alpha value is -0.246. The predicted octanol–water partition coefficient (Wildman–Crippen LogP) is 4.60. The van der Waals surface area contributed by atoms with Crippen LogP contribution in [0.1, 0.15) is 33.1 Å². The van der Waals surface area contributed by atoms with Crippen molar-refractivity contribution >= 4 is 16.6 Å². The summed E-state index contributed by atoms with van der Waals surface area (Å²) >= 11 is 0. The number of ether oxygens (including phenoxy) is 1. The first-order valence-electron chi connectivity index (χ1n) is 7.07. The summed E-state index contributed by atoms with van der Waals surface area (Å²) < 4.78 is 11.7. The van der Waals surface area contributed by atoms with Crippen molar-refractivity contribution in [3.05, 3.63) is 0 Å². The van der Waals surface area contributed by atoms with E-state index in [-0.39, 0.29) is 0 Å². The van der Waals surface area contributed by atoms with Crippen LogP contribution in [0.3, 0.4) is 0 Å². The fourth-order valence-corrected chi connectivity index (χ4v) is 11.1. The quantitative estimate of drug-likeness (QED) is 0.350. The minimum absolute atomic E-state index is 0.734. The molecule has 0 saturated carbocycles. The van der Waals surface area contributed by atoms with E-state index in [0.29, 0.717) is 0 Å². The zero-order chi connectivity index (χ0) is 14.1. The van der Waals surface area contributed by atoms with E-state index in [4.69, 9.17) is 8.85 Å². The molecule has 0 saturated heterocycles. The van der Waals surface area contributed by atoms with Crippen LogP contribution in [0.5, 0.6) is 0 Å². The SMILES string of the molecule is CC#COCCC[Si](C)(C)O[Si](C)(C)CCCC. The Morgan fingerprint density at radius 1 is 0.944 bits per heavy atom. The second-order valence-corrected chi connectivity index (χ2v) is 14.9. The minimum atomic E-state index is -1.52. The first-order valence-corrected chi connectivity index (χ1v) is 13.3. The Morgan fingerprint density at radius 2 is 1.50 bits per heavy atom. The molecule has 0 aromatic rings. The molecular formula is C14H30O2Si2. The molecule has 0 aliphatic rings. The lowest BCUT2D eigenvalue weighted by molar-refractivity contribution is 0.275. The zero-order valence-electron chi connectivity index (χ0n) is 13.1. The molecule has 0 aliphatic carbocycles. The van der Waals surface area contributed by atoms with E-state index in [0.717, 1.165) is 13.0 Å². The summed E-state index contributed by atoms with van der Waals surface area (Å²) in [5.41, 5.74) is 0. The number of hydrogen-bond acceptors (Lipinski definition) is 2. The van der Waals surface area contributed by atoms with Crippen molar-refractivity contribution in [3.8, 4) is 12.0 Å². The van der Waals surface area contributed by atoms with E-state index in [1.54, 1.807) is 6.92 Å². The lowest BCUT2D eigenvalue weighted by Gasteiger charge is -2.34. The lowest BCUT2D eigenvalue weighted by atomic mass is 10.4. The molecule has 2 nitrogen and oxygen atoms in total. The first kappa shape index (κ1) is 17.8. The van der Waals surface area contributed by atoms with Gasteiger partial charge in [0.25, 0.3) is 0 Å². The maximum Gasteiger partial charge on any atom is 0.173 e. The minimum Gasteiger partial charge on any atom is -0.455 e. The highest BCUT2D eigenvalue weighted by molar-refractivity contribution is 6.84. The molecule has 0 aromatic heterocycles. The number of hydrogen-bond donors (Lipinski definition) is 0. The van der Waals surface area contributed by atoms with Crippen LogP contribution in [0.4, 0.5) is 0 Å². The van der Waals surface area contributed by atoms with Crippen LogP contribution in [0, 0.1) is 12.0 Å². The maximum absolute atomic E-state index is 6.52. The fraction of sp³-hybridized carbons (Fsp3) is 0.857. The van der Waals surface area contributed by atoms with Crippen LogP contribution < -0.4 is 0 Å². The highest BCUT2D eigenvalue weighted by Gasteiger charge is 2.31. The monoisotopic (exact) mass is 286 g/mol. The average Bonchev–Trinajstić information content (AvgIpc) is 2.24. The summed E-state index contributed by atoms with van der Waals surface area (Å²) in [6.07, 6.45) is 6.28. The molecule has 0 N–H and O–H groups in total. The Balaban J connectivity index is 3.99. The molecule has 106 valence electrons. The van der Waals surface area contributed by atoms with Gasteiger partial charge in [0.05, 0.1) is 6.61 Å². The van der Waals surface area contributed by atoms with Gasteiger partial charge in [0.1, 0.15) is 6.11 Å². The van der Waals surface area contributed by atoms with Crippen molar-refractivity contribution in [1.29, 1.82) is 0 Å². The van der Waals surface area contributed by atoms with Crippen LogP contribution in [-0.4, -0.2) is 23.2 Å². The van der Waals surface area contributed by atoms with Gasteiger partial charge in [-0.25, -0.2) is 0 Å². The van der Waals surface area contributed by atoms with Gasteiger partial charge in [-0.2, -0.15) is 0 Å². The van der Waals surface area contributed by atoms with Crippen molar-refractivity contribution < 1.29 is 8.85 Å². The summed E-state index contributed by atoms with van der Waals surface area (Å²) in [6, 6.07) is 2.46. The molecule has 0 rings (SSSR count). The molecule has 0 spiro atoms. The lowest BCUT2D eigenvalue weighted by Crippen LogP contribution is -2.44. The van der Waals surface area contributed by atoms with Gasteiger partial charge in [-0.15, -0.1) is 0 Å². The molecule has 0 aliphatic heterocycles. The summed E-state index contributed by atoms with van der Waals surface area (Å²) in [5.74, 6) is 2.74.